The van der Waals surface area contributed by atoms with E-state index in [0.29, 0.717) is 19.3 Å². The van der Waals surface area contributed by atoms with Crippen LogP contribution in [0, 0.1) is 23.7 Å². The highest BCUT2D eigenvalue weighted by atomic mass is 16.6. The minimum absolute atomic E-state index is 0.0237. The second-order valence-corrected chi connectivity index (χ2v) is 8.95. The molecule has 29 heavy (non-hydrogen) atoms. The van der Waals surface area contributed by atoms with E-state index < -0.39 is 12.2 Å². The van der Waals surface area contributed by atoms with Gasteiger partial charge in [-0.3, -0.25) is 9.59 Å². The topological polar surface area (TPSA) is 93.1 Å². The molecular formula is C23H34O6. The Balaban J connectivity index is 1.74. The number of carbonyl (C=O) groups excluding carboxylic acids is 2. The van der Waals surface area contributed by atoms with Gasteiger partial charge in [-0.25, -0.2) is 0 Å². The van der Waals surface area contributed by atoms with Crippen LogP contribution >= 0.6 is 0 Å². The standard InChI is InChI=1S/C23H34O6/c1-4-13(2)23(27)29-20-11-16(24)9-15-6-5-14(3)19(22(15)20)8-7-18-10-17(25)12-21(26)28-18/h5-6,9,13-14,16-20,22,24-25H,4,7-8,10-12H2,1-3H3/t13-,14-,16+,17+,18+,19-,20?,22-/m0/s1. The summed E-state index contributed by atoms with van der Waals surface area (Å²) < 4.78 is 11.3. The first kappa shape index (κ1) is 22.0. The third-order valence-electron chi connectivity index (χ3n) is 6.71. The summed E-state index contributed by atoms with van der Waals surface area (Å²) in [5, 5.41) is 20.2. The van der Waals surface area contributed by atoms with Crippen molar-refractivity contribution in [3.8, 4) is 0 Å². The maximum atomic E-state index is 12.5. The molecule has 0 spiro atoms. The van der Waals surface area contributed by atoms with E-state index in [4.69, 9.17) is 9.47 Å². The zero-order chi connectivity index (χ0) is 21.1. The van der Waals surface area contributed by atoms with Crippen LogP contribution in [-0.4, -0.2) is 46.6 Å². The SMILES string of the molecule is CC[C@H](C)C(=O)OC1C[C@H](O)C=C2C=C[C@H](C)[C@H](CC[C@@H]3C[C@@H](O)CC(=O)O3)[C@H]21. The minimum atomic E-state index is -0.630. The van der Waals surface area contributed by atoms with Crippen molar-refractivity contribution in [3.63, 3.8) is 0 Å². The molecule has 0 bridgehead atoms. The number of hydrogen-bond acceptors (Lipinski definition) is 6. The van der Waals surface area contributed by atoms with Crippen LogP contribution in [0.25, 0.3) is 0 Å². The smallest absolute Gasteiger partial charge is 0.308 e. The van der Waals surface area contributed by atoms with Crippen LogP contribution in [0.3, 0.4) is 0 Å². The van der Waals surface area contributed by atoms with Gasteiger partial charge in [0.15, 0.2) is 0 Å². The Bertz CT molecular complexity index is 668. The van der Waals surface area contributed by atoms with Gasteiger partial charge < -0.3 is 19.7 Å². The van der Waals surface area contributed by atoms with Gasteiger partial charge in [0.2, 0.25) is 0 Å². The summed E-state index contributed by atoms with van der Waals surface area (Å²) >= 11 is 0. The van der Waals surface area contributed by atoms with Gasteiger partial charge in [-0.1, -0.05) is 39.0 Å². The molecular weight excluding hydrogens is 372 g/mol. The lowest BCUT2D eigenvalue weighted by Crippen LogP contribution is -2.43. The second-order valence-electron chi connectivity index (χ2n) is 8.95. The highest BCUT2D eigenvalue weighted by molar-refractivity contribution is 5.72. The van der Waals surface area contributed by atoms with E-state index in [9.17, 15) is 19.8 Å². The lowest BCUT2D eigenvalue weighted by molar-refractivity contribution is -0.162. The molecule has 3 rings (SSSR count). The van der Waals surface area contributed by atoms with Gasteiger partial charge in [0.05, 0.1) is 24.5 Å². The fourth-order valence-electron chi connectivity index (χ4n) is 4.84. The molecule has 0 amide bonds. The van der Waals surface area contributed by atoms with Gasteiger partial charge in [-0.15, -0.1) is 0 Å². The first-order valence-corrected chi connectivity index (χ1v) is 10.9. The van der Waals surface area contributed by atoms with Crippen molar-refractivity contribution in [1.29, 1.82) is 0 Å². The minimum Gasteiger partial charge on any atom is -0.462 e. The first-order valence-electron chi connectivity index (χ1n) is 10.9. The van der Waals surface area contributed by atoms with E-state index in [0.717, 1.165) is 18.4 Å². The Labute approximate surface area is 173 Å². The summed E-state index contributed by atoms with van der Waals surface area (Å²) in [5.41, 5.74) is 1.02. The van der Waals surface area contributed by atoms with Crippen LogP contribution < -0.4 is 0 Å². The Hall–Kier alpha value is -1.66. The number of aliphatic hydroxyl groups is 2. The number of esters is 2. The second kappa shape index (κ2) is 9.43. The molecule has 162 valence electrons. The molecule has 0 aromatic rings. The maximum absolute atomic E-state index is 12.5. The van der Waals surface area contributed by atoms with E-state index in [2.05, 4.69) is 13.0 Å². The van der Waals surface area contributed by atoms with Crippen LogP contribution in [0.5, 0.6) is 0 Å². The van der Waals surface area contributed by atoms with Crippen molar-refractivity contribution < 1.29 is 29.3 Å². The third kappa shape index (κ3) is 5.28. The van der Waals surface area contributed by atoms with Crippen molar-refractivity contribution in [2.24, 2.45) is 23.7 Å². The summed E-state index contributed by atoms with van der Waals surface area (Å²) in [6.45, 7) is 5.97. The zero-order valence-corrected chi connectivity index (χ0v) is 17.6. The van der Waals surface area contributed by atoms with E-state index in [-0.39, 0.29) is 54.2 Å². The predicted octanol–water partition coefficient (Wildman–Crippen LogP) is 2.92. The highest BCUT2D eigenvalue weighted by Gasteiger charge is 2.42. The molecule has 0 radical (unpaired) electrons. The number of carbonyl (C=O) groups is 2. The van der Waals surface area contributed by atoms with Gasteiger partial charge in [-0.2, -0.15) is 0 Å². The molecule has 1 saturated heterocycles. The molecule has 0 saturated carbocycles. The highest BCUT2D eigenvalue weighted by Crippen LogP contribution is 2.44. The maximum Gasteiger partial charge on any atom is 0.308 e. The van der Waals surface area contributed by atoms with Crippen LogP contribution in [0.4, 0.5) is 0 Å². The third-order valence-corrected chi connectivity index (χ3v) is 6.71. The van der Waals surface area contributed by atoms with Crippen molar-refractivity contribution in [1.82, 2.24) is 0 Å². The first-order chi connectivity index (χ1) is 13.8. The average molecular weight is 407 g/mol. The van der Waals surface area contributed by atoms with E-state index in [1.165, 1.54) is 0 Å². The predicted molar refractivity (Wildman–Crippen MR) is 108 cm³/mol. The number of rotatable bonds is 6. The molecule has 2 aliphatic carbocycles. The summed E-state index contributed by atoms with van der Waals surface area (Å²) in [4.78, 5) is 24.1. The summed E-state index contributed by atoms with van der Waals surface area (Å²) in [6, 6.07) is 0. The molecule has 6 heteroatoms. The molecule has 1 heterocycles. The van der Waals surface area contributed by atoms with E-state index >= 15 is 0 Å². The molecule has 1 fully saturated rings. The molecule has 1 unspecified atom stereocenters. The average Bonchev–Trinajstić information content (AvgIpc) is 2.65. The largest absolute Gasteiger partial charge is 0.462 e. The Morgan fingerprint density at radius 2 is 2.07 bits per heavy atom. The number of cyclic esters (lactones) is 1. The summed E-state index contributed by atoms with van der Waals surface area (Å²) in [7, 11) is 0. The number of fused-ring (bicyclic) bond motifs is 1. The van der Waals surface area contributed by atoms with Crippen LogP contribution in [-0.2, 0) is 19.1 Å². The lowest BCUT2D eigenvalue weighted by Gasteiger charge is -2.43. The molecule has 0 aromatic heterocycles. The van der Waals surface area contributed by atoms with Crippen molar-refractivity contribution in [3.05, 3.63) is 23.8 Å². The van der Waals surface area contributed by atoms with Crippen LogP contribution in [0.1, 0.15) is 59.3 Å². The van der Waals surface area contributed by atoms with E-state index in [1.54, 1.807) is 0 Å². The normalized spacial score (nSPS) is 37.9. The van der Waals surface area contributed by atoms with Crippen molar-refractivity contribution in [2.75, 3.05) is 0 Å². The number of aliphatic hydroxyl groups excluding tert-OH is 2. The monoisotopic (exact) mass is 406 g/mol. The van der Waals surface area contributed by atoms with Gasteiger partial charge >= 0.3 is 11.9 Å². The zero-order valence-electron chi connectivity index (χ0n) is 17.6. The fraction of sp³-hybridized carbons (Fsp3) is 0.739. The number of hydrogen-bond donors (Lipinski definition) is 2. The van der Waals surface area contributed by atoms with Gasteiger partial charge in [-0.05, 0) is 36.7 Å². The molecule has 0 aromatic carbocycles. The molecule has 6 nitrogen and oxygen atoms in total. The summed E-state index contributed by atoms with van der Waals surface area (Å²) in [6.07, 6.45) is 7.31. The number of allylic oxidation sites excluding steroid dienone is 2. The molecule has 3 aliphatic rings. The van der Waals surface area contributed by atoms with Crippen LogP contribution in [0.2, 0.25) is 0 Å². The van der Waals surface area contributed by atoms with Gasteiger partial charge in [0, 0.05) is 18.8 Å². The van der Waals surface area contributed by atoms with E-state index in [1.807, 2.05) is 26.0 Å². The Kier molecular flexibility index (Phi) is 7.17. The van der Waals surface area contributed by atoms with Crippen molar-refractivity contribution >= 4 is 11.9 Å². The van der Waals surface area contributed by atoms with Crippen LogP contribution in [0.15, 0.2) is 23.8 Å². The van der Waals surface area contributed by atoms with Gasteiger partial charge in [0.1, 0.15) is 12.2 Å². The Morgan fingerprint density at radius 1 is 1.31 bits per heavy atom. The van der Waals surface area contributed by atoms with Crippen molar-refractivity contribution in [2.45, 2.75) is 83.7 Å². The molecule has 2 N–H and O–H groups in total. The summed E-state index contributed by atoms with van der Waals surface area (Å²) in [5.74, 6) is -0.203. The number of ether oxygens (including phenoxy) is 2. The molecule has 1 aliphatic heterocycles. The quantitative estimate of drug-likeness (QED) is 0.659. The fourth-order valence-corrected chi connectivity index (χ4v) is 4.84. The van der Waals surface area contributed by atoms with Gasteiger partial charge in [0.25, 0.3) is 0 Å². The lowest BCUT2D eigenvalue weighted by atomic mass is 9.66. The molecule has 8 atom stereocenters. The Morgan fingerprint density at radius 3 is 2.76 bits per heavy atom.